The van der Waals surface area contributed by atoms with Crippen molar-refractivity contribution in [2.75, 3.05) is 0 Å². The summed E-state index contributed by atoms with van der Waals surface area (Å²) < 4.78 is 15.8. The zero-order chi connectivity index (χ0) is 18.0. The lowest BCUT2D eigenvalue weighted by molar-refractivity contribution is -0.141. The fourth-order valence-corrected chi connectivity index (χ4v) is 2.57. The van der Waals surface area contributed by atoms with E-state index in [4.69, 9.17) is 37.1 Å². The number of carbonyl (C=O) groups excluding carboxylic acids is 1. The maximum absolute atomic E-state index is 12.2. The SMILES string of the molecule is C[C@H](Oc1ccc(Cl)cc1Cl)C(=O)Oc1ccc2ccc(=O)oc2c1. The molecule has 0 saturated carbocycles. The highest BCUT2D eigenvalue weighted by Crippen LogP contribution is 2.28. The average Bonchev–Trinajstić information content (AvgIpc) is 2.57. The highest BCUT2D eigenvalue weighted by molar-refractivity contribution is 6.35. The van der Waals surface area contributed by atoms with Gasteiger partial charge in [-0.1, -0.05) is 23.2 Å². The minimum atomic E-state index is -0.905. The van der Waals surface area contributed by atoms with Crippen molar-refractivity contribution < 1.29 is 18.7 Å². The third-order valence-electron chi connectivity index (χ3n) is 3.34. The molecule has 0 radical (unpaired) electrons. The summed E-state index contributed by atoms with van der Waals surface area (Å²) in [6.07, 6.45) is -0.905. The summed E-state index contributed by atoms with van der Waals surface area (Å²) in [5.74, 6) is -0.0619. The van der Waals surface area contributed by atoms with Crippen molar-refractivity contribution in [3.05, 3.63) is 69.0 Å². The molecular weight excluding hydrogens is 367 g/mol. The van der Waals surface area contributed by atoms with E-state index in [1.807, 2.05) is 0 Å². The number of rotatable bonds is 4. The van der Waals surface area contributed by atoms with E-state index in [0.717, 1.165) is 5.39 Å². The number of benzene rings is 2. The number of hydrogen-bond donors (Lipinski definition) is 0. The third-order valence-corrected chi connectivity index (χ3v) is 3.87. The predicted octanol–water partition coefficient (Wildman–Crippen LogP) is 4.47. The van der Waals surface area contributed by atoms with Crippen molar-refractivity contribution in [2.45, 2.75) is 13.0 Å². The van der Waals surface area contributed by atoms with Crippen LogP contribution in [0.3, 0.4) is 0 Å². The summed E-state index contributed by atoms with van der Waals surface area (Å²) in [6, 6.07) is 12.4. The van der Waals surface area contributed by atoms with Crippen LogP contribution < -0.4 is 15.1 Å². The highest BCUT2D eigenvalue weighted by Gasteiger charge is 2.19. The molecule has 1 aromatic heterocycles. The topological polar surface area (TPSA) is 65.7 Å². The Hall–Kier alpha value is -2.50. The number of halogens is 2. The van der Waals surface area contributed by atoms with Gasteiger partial charge in [0.2, 0.25) is 0 Å². The van der Waals surface area contributed by atoms with Gasteiger partial charge in [-0.25, -0.2) is 9.59 Å². The van der Waals surface area contributed by atoms with Crippen LogP contribution in [0.4, 0.5) is 0 Å². The summed E-state index contributed by atoms with van der Waals surface area (Å²) in [6.45, 7) is 1.54. The molecule has 2 aromatic carbocycles. The molecular formula is C18H12Cl2O5. The first kappa shape index (κ1) is 17.3. The number of fused-ring (bicyclic) bond motifs is 1. The van der Waals surface area contributed by atoms with E-state index in [-0.39, 0.29) is 5.75 Å². The largest absolute Gasteiger partial charge is 0.477 e. The Bertz CT molecular complexity index is 996. The second kappa shape index (κ2) is 7.17. The van der Waals surface area contributed by atoms with Crippen molar-refractivity contribution in [2.24, 2.45) is 0 Å². The number of esters is 1. The molecule has 0 aliphatic carbocycles. The highest BCUT2D eigenvalue weighted by atomic mass is 35.5. The lowest BCUT2D eigenvalue weighted by Gasteiger charge is -2.15. The van der Waals surface area contributed by atoms with Crippen molar-refractivity contribution in [1.29, 1.82) is 0 Å². The molecule has 1 atom stereocenters. The molecule has 0 aliphatic heterocycles. The molecule has 25 heavy (non-hydrogen) atoms. The Balaban J connectivity index is 1.73. The van der Waals surface area contributed by atoms with Gasteiger partial charge in [-0.2, -0.15) is 0 Å². The van der Waals surface area contributed by atoms with Gasteiger partial charge >= 0.3 is 11.6 Å². The number of hydrogen-bond acceptors (Lipinski definition) is 5. The number of carbonyl (C=O) groups is 1. The molecule has 0 fully saturated rings. The normalized spacial score (nSPS) is 12.0. The Kier molecular flexibility index (Phi) is 4.97. The number of ether oxygens (including phenoxy) is 2. The van der Waals surface area contributed by atoms with E-state index in [9.17, 15) is 9.59 Å². The predicted molar refractivity (Wildman–Crippen MR) is 94.7 cm³/mol. The zero-order valence-corrected chi connectivity index (χ0v) is 14.5. The van der Waals surface area contributed by atoms with Gasteiger partial charge in [0.25, 0.3) is 0 Å². The van der Waals surface area contributed by atoms with Crippen LogP contribution in [-0.2, 0) is 4.79 Å². The molecule has 3 rings (SSSR count). The summed E-state index contributed by atoms with van der Waals surface area (Å²) >= 11 is 11.8. The van der Waals surface area contributed by atoms with Gasteiger partial charge in [0, 0.05) is 22.5 Å². The van der Waals surface area contributed by atoms with E-state index >= 15 is 0 Å². The Morgan fingerprint density at radius 3 is 2.60 bits per heavy atom. The molecule has 1 heterocycles. The lowest BCUT2D eigenvalue weighted by Crippen LogP contribution is -2.28. The van der Waals surface area contributed by atoms with Crippen LogP contribution >= 0.6 is 23.2 Å². The van der Waals surface area contributed by atoms with Gasteiger partial charge in [-0.15, -0.1) is 0 Å². The van der Waals surface area contributed by atoms with Crippen LogP contribution in [0, 0.1) is 0 Å². The summed E-state index contributed by atoms with van der Waals surface area (Å²) in [5, 5.41) is 1.47. The van der Waals surface area contributed by atoms with Crippen LogP contribution in [0.2, 0.25) is 10.0 Å². The van der Waals surface area contributed by atoms with Crippen LogP contribution in [-0.4, -0.2) is 12.1 Å². The van der Waals surface area contributed by atoms with E-state index in [2.05, 4.69) is 0 Å². The van der Waals surface area contributed by atoms with Gasteiger partial charge in [-0.05, 0) is 43.3 Å². The van der Waals surface area contributed by atoms with Crippen molar-refractivity contribution in [3.63, 3.8) is 0 Å². The van der Waals surface area contributed by atoms with Gasteiger partial charge in [0.1, 0.15) is 17.1 Å². The van der Waals surface area contributed by atoms with Crippen molar-refractivity contribution >= 4 is 40.1 Å². The standard InChI is InChI=1S/C18H12Cl2O5/c1-10(23-15-6-4-12(19)8-14(15)20)18(22)24-13-5-2-11-3-7-17(21)25-16(11)9-13/h2-10H,1H3/t10-/m0/s1. The Labute approximate surface area is 152 Å². The molecule has 0 saturated heterocycles. The summed E-state index contributed by atoms with van der Waals surface area (Å²) in [5.41, 5.74) is -0.155. The van der Waals surface area contributed by atoms with Gasteiger partial charge in [-0.3, -0.25) is 0 Å². The molecule has 0 aliphatic rings. The summed E-state index contributed by atoms with van der Waals surface area (Å²) in [7, 11) is 0. The van der Waals surface area contributed by atoms with Crippen LogP contribution in [0.5, 0.6) is 11.5 Å². The van der Waals surface area contributed by atoms with Crippen LogP contribution in [0.25, 0.3) is 11.0 Å². The Morgan fingerprint density at radius 1 is 1.08 bits per heavy atom. The minimum Gasteiger partial charge on any atom is -0.477 e. The van der Waals surface area contributed by atoms with Gasteiger partial charge in [0.05, 0.1) is 5.02 Å². The van der Waals surface area contributed by atoms with Gasteiger partial charge < -0.3 is 13.9 Å². The van der Waals surface area contributed by atoms with Crippen LogP contribution in [0.1, 0.15) is 6.92 Å². The van der Waals surface area contributed by atoms with Crippen molar-refractivity contribution in [1.82, 2.24) is 0 Å². The minimum absolute atomic E-state index is 0.240. The zero-order valence-electron chi connectivity index (χ0n) is 13.0. The van der Waals surface area contributed by atoms with Crippen molar-refractivity contribution in [3.8, 4) is 11.5 Å². The molecule has 3 aromatic rings. The van der Waals surface area contributed by atoms with E-state index in [1.54, 1.807) is 30.3 Å². The molecule has 7 heteroatoms. The molecule has 0 amide bonds. The Morgan fingerprint density at radius 2 is 1.84 bits per heavy atom. The fourth-order valence-electron chi connectivity index (χ4n) is 2.11. The van der Waals surface area contributed by atoms with Crippen LogP contribution in [0.15, 0.2) is 57.7 Å². The fraction of sp³-hybridized carbons (Fsp3) is 0.111. The first-order valence-corrected chi connectivity index (χ1v) is 8.05. The first-order chi connectivity index (χ1) is 11.9. The molecule has 0 spiro atoms. The second-order valence-electron chi connectivity index (χ2n) is 5.21. The molecule has 128 valence electrons. The maximum Gasteiger partial charge on any atom is 0.352 e. The van der Waals surface area contributed by atoms with E-state index in [1.165, 1.54) is 25.1 Å². The third kappa shape index (κ3) is 4.13. The first-order valence-electron chi connectivity index (χ1n) is 7.30. The average molecular weight is 379 g/mol. The molecule has 0 unspecified atom stereocenters. The second-order valence-corrected chi connectivity index (χ2v) is 6.05. The summed E-state index contributed by atoms with van der Waals surface area (Å²) in [4.78, 5) is 23.5. The quantitative estimate of drug-likeness (QED) is 0.380. The molecule has 0 bridgehead atoms. The molecule has 0 N–H and O–H groups in total. The van der Waals surface area contributed by atoms with E-state index in [0.29, 0.717) is 21.4 Å². The lowest BCUT2D eigenvalue weighted by atomic mass is 10.2. The smallest absolute Gasteiger partial charge is 0.352 e. The molecule has 5 nitrogen and oxygen atoms in total. The van der Waals surface area contributed by atoms with E-state index < -0.39 is 17.7 Å². The monoisotopic (exact) mass is 378 g/mol. The van der Waals surface area contributed by atoms with Gasteiger partial charge in [0.15, 0.2) is 6.10 Å². The maximum atomic E-state index is 12.2.